The van der Waals surface area contributed by atoms with Crippen molar-refractivity contribution in [3.8, 4) is 6.07 Å². The van der Waals surface area contributed by atoms with Crippen molar-refractivity contribution < 1.29 is 4.39 Å². The zero-order valence-electron chi connectivity index (χ0n) is 7.87. The molecule has 72 valence electrons. The van der Waals surface area contributed by atoms with E-state index in [9.17, 15) is 4.39 Å². The third-order valence-corrected chi connectivity index (χ3v) is 1.75. The number of imidazole rings is 1. The SMILES string of the molecule is C=c1ncn(CC#N)/c1=C/C(F)=C\C. The molecule has 4 heteroatoms. The summed E-state index contributed by atoms with van der Waals surface area (Å²) in [5.74, 6) is -0.366. The lowest BCUT2D eigenvalue weighted by atomic mass is 10.4. The summed E-state index contributed by atoms with van der Waals surface area (Å²) in [6.45, 7) is 5.39. The Balaban J connectivity index is 3.33. The Morgan fingerprint density at radius 1 is 1.86 bits per heavy atom. The Hall–Kier alpha value is -1.89. The first kappa shape index (κ1) is 10.2. The predicted molar refractivity (Wildman–Crippen MR) is 51.9 cm³/mol. The van der Waals surface area contributed by atoms with Crippen molar-refractivity contribution in [1.29, 1.82) is 5.26 Å². The zero-order valence-corrected chi connectivity index (χ0v) is 7.87. The first-order chi connectivity index (χ1) is 6.69. The molecular weight excluding hydrogens is 181 g/mol. The van der Waals surface area contributed by atoms with Gasteiger partial charge in [0.2, 0.25) is 0 Å². The van der Waals surface area contributed by atoms with Crippen molar-refractivity contribution in [3.63, 3.8) is 0 Å². The number of allylic oxidation sites excluding steroid dienone is 2. The molecule has 0 radical (unpaired) electrons. The highest BCUT2D eigenvalue weighted by molar-refractivity contribution is 5.40. The maximum atomic E-state index is 12.9. The topological polar surface area (TPSA) is 41.6 Å². The van der Waals surface area contributed by atoms with Crippen LogP contribution in [0.5, 0.6) is 0 Å². The van der Waals surface area contributed by atoms with Crippen LogP contribution in [0.1, 0.15) is 6.92 Å². The van der Waals surface area contributed by atoms with Gasteiger partial charge in [0.1, 0.15) is 12.4 Å². The van der Waals surface area contributed by atoms with Crippen LogP contribution < -0.4 is 10.7 Å². The molecule has 0 saturated carbocycles. The number of nitriles is 1. The fraction of sp³-hybridized carbons (Fsp3) is 0.200. The Morgan fingerprint density at radius 3 is 3.14 bits per heavy atom. The Morgan fingerprint density at radius 2 is 2.57 bits per heavy atom. The number of nitrogens with zero attached hydrogens (tertiary/aromatic N) is 3. The molecule has 0 bridgehead atoms. The summed E-state index contributed by atoms with van der Waals surface area (Å²) in [7, 11) is 0. The zero-order chi connectivity index (χ0) is 10.6. The average molecular weight is 191 g/mol. The monoisotopic (exact) mass is 191 g/mol. The standard InChI is InChI=1S/C10H10FN3/c1-3-9(11)6-10-8(2)13-7-14(10)5-4-12/h3,6-7H,2,5H2,1H3/b9-3+,10-6+. The molecule has 0 atom stereocenters. The second-order valence-corrected chi connectivity index (χ2v) is 2.68. The third-order valence-electron chi connectivity index (χ3n) is 1.75. The number of rotatable bonds is 2. The van der Waals surface area contributed by atoms with E-state index >= 15 is 0 Å². The van der Waals surface area contributed by atoms with Crippen LogP contribution in [0, 0.1) is 11.3 Å². The van der Waals surface area contributed by atoms with Crippen molar-refractivity contribution >= 4 is 12.7 Å². The van der Waals surface area contributed by atoms with Crippen LogP contribution in [-0.2, 0) is 6.54 Å². The van der Waals surface area contributed by atoms with Crippen LogP contribution in [0.3, 0.4) is 0 Å². The van der Waals surface area contributed by atoms with Crippen molar-refractivity contribution in [1.82, 2.24) is 9.55 Å². The molecule has 0 N–H and O–H groups in total. The Labute approximate surface area is 81.1 Å². The molecule has 0 spiro atoms. The minimum atomic E-state index is -0.366. The van der Waals surface area contributed by atoms with Gasteiger partial charge in [0.25, 0.3) is 0 Å². The normalized spacial score (nSPS) is 12.9. The summed E-state index contributed by atoms with van der Waals surface area (Å²) in [5.41, 5.74) is 0. The molecule has 0 aliphatic carbocycles. The largest absolute Gasteiger partial charge is 0.316 e. The van der Waals surface area contributed by atoms with E-state index in [0.717, 1.165) is 0 Å². The van der Waals surface area contributed by atoms with E-state index < -0.39 is 0 Å². The van der Waals surface area contributed by atoms with Crippen LogP contribution in [0.25, 0.3) is 12.7 Å². The lowest BCUT2D eigenvalue weighted by molar-refractivity contribution is 0.674. The minimum Gasteiger partial charge on any atom is -0.316 e. The second kappa shape index (κ2) is 4.38. The second-order valence-electron chi connectivity index (χ2n) is 2.68. The van der Waals surface area contributed by atoms with Crippen molar-refractivity contribution in [2.75, 3.05) is 0 Å². The third kappa shape index (κ3) is 2.07. The molecule has 0 aliphatic rings. The van der Waals surface area contributed by atoms with Gasteiger partial charge in [0.15, 0.2) is 0 Å². The highest BCUT2D eigenvalue weighted by atomic mass is 19.1. The molecule has 1 heterocycles. The van der Waals surface area contributed by atoms with Gasteiger partial charge in [-0.05, 0) is 13.0 Å². The van der Waals surface area contributed by atoms with E-state index in [-0.39, 0.29) is 12.4 Å². The molecule has 0 fully saturated rings. The van der Waals surface area contributed by atoms with Gasteiger partial charge < -0.3 is 4.57 Å². The smallest absolute Gasteiger partial charge is 0.121 e. The van der Waals surface area contributed by atoms with E-state index in [1.54, 1.807) is 11.5 Å². The van der Waals surface area contributed by atoms with E-state index in [2.05, 4.69) is 11.6 Å². The maximum absolute atomic E-state index is 12.9. The molecular formula is C10H10FN3. The van der Waals surface area contributed by atoms with Gasteiger partial charge in [0, 0.05) is 0 Å². The molecule has 0 aliphatic heterocycles. The average Bonchev–Trinajstić information content (AvgIpc) is 2.50. The molecule has 14 heavy (non-hydrogen) atoms. The minimum absolute atomic E-state index is 0.144. The van der Waals surface area contributed by atoms with Crippen LogP contribution >= 0.6 is 0 Å². The molecule has 0 aromatic carbocycles. The molecule has 0 saturated heterocycles. The highest BCUT2D eigenvalue weighted by Crippen LogP contribution is 1.95. The number of aromatic nitrogens is 2. The summed E-state index contributed by atoms with van der Waals surface area (Å²) in [6.07, 6.45) is 4.12. The fourth-order valence-corrected chi connectivity index (χ4v) is 1.02. The van der Waals surface area contributed by atoms with E-state index in [4.69, 9.17) is 5.26 Å². The van der Waals surface area contributed by atoms with Gasteiger partial charge >= 0.3 is 0 Å². The summed E-state index contributed by atoms with van der Waals surface area (Å²) in [6, 6.07) is 1.96. The van der Waals surface area contributed by atoms with Crippen molar-refractivity contribution in [2.45, 2.75) is 13.5 Å². The van der Waals surface area contributed by atoms with Crippen LogP contribution in [0.2, 0.25) is 0 Å². The van der Waals surface area contributed by atoms with E-state index in [1.807, 2.05) is 6.07 Å². The summed E-state index contributed by atoms with van der Waals surface area (Å²) >= 11 is 0. The summed E-state index contributed by atoms with van der Waals surface area (Å²) in [4.78, 5) is 3.90. The lowest BCUT2D eigenvalue weighted by Gasteiger charge is -1.92. The Bertz CT molecular complexity index is 490. The molecule has 0 amide bonds. The number of hydrogen-bond donors (Lipinski definition) is 0. The van der Waals surface area contributed by atoms with Crippen molar-refractivity contribution in [2.24, 2.45) is 0 Å². The lowest BCUT2D eigenvalue weighted by Crippen LogP contribution is -2.28. The predicted octanol–water partition coefficient (Wildman–Crippen LogP) is 0.471. The maximum Gasteiger partial charge on any atom is 0.121 e. The van der Waals surface area contributed by atoms with Gasteiger partial charge in [-0.2, -0.15) is 5.26 Å². The molecule has 1 aromatic rings. The quantitative estimate of drug-likeness (QED) is 0.682. The number of halogens is 1. The molecule has 0 unspecified atom stereocenters. The fourth-order valence-electron chi connectivity index (χ4n) is 1.02. The molecule has 1 rings (SSSR count). The highest BCUT2D eigenvalue weighted by Gasteiger charge is 1.96. The van der Waals surface area contributed by atoms with Crippen molar-refractivity contribution in [3.05, 3.63) is 28.9 Å². The van der Waals surface area contributed by atoms with Crippen LogP contribution in [0.15, 0.2) is 18.2 Å². The van der Waals surface area contributed by atoms with Gasteiger partial charge in [-0.1, -0.05) is 12.7 Å². The molecule has 1 aromatic heterocycles. The van der Waals surface area contributed by atoms with Gasteiger partial charge in [0.05, 0.1) is 23.1 Å². The first-order valence-electron chi connectivity index (χ1n) is 4.09. The first-order valence-corrected chi connectivity index (χ1v) is 4.09. The van der Waals surface area contributed by atoms with Crippen LogP contribution in [0.4, 0.5) is 4.39 Å². The van der Waals surface area contributed by atoms with Gasteiger partial charge in [-0.3, -0.25) is 0 Å². The van der Waals surface area contributed by atoms with E-state index in [0.29, 0.717) is 10.7 Å². The van der Waals surface area contributed by atoms with Crippen LogP contribution in [-0.4, -0.2) is 9.55 Å². The van der Waals surface area contributed by atoms with E-state index in [1.165, 1.54) is 18.5 Å². The summed E-state index contributed by atoms with van der Waals surface area (Å²) < 4.78 is 14.5. The Kier molecular flexibility index (Phi) is 3.19. The van der Waals surface area contributed by atoms with Gasteiger partial charge in [-0.15, -0.1) is 0 Å². The number of hydrogen-bond acceptors (Lipinski definition) is 2. The molecule has 3 nitrogen and oxygen atoms in total. The van der Waals surface area contributed by atoms with Gasteiger partial charge in [-0.25, -0.2) is 9.37 Å². The summed E-state index contributed by atoms with van der Waals surface area (Å²) in [5, 5.41) is 9.50.